The molecule has 1 atom stereocenters. The molecule has 2 N–H and O–H groups in total. The van der Waals surface area contributed by atoms with E-state index in [4.69, 9.17) is 15.5 Å². The summed E-state index contributed by atoms with van der Waals surface area (Å²) in [5.74, 6) is 1.20. The number of piperidine rings is 1. The van der Waals surface area contributed by atoms with Crippen LogP contribution in [0.15, 0.2) is 36.8 Å². The average Bonchev–Trinajstić information content (AvgIpc) is 3.49. The number of nitrogens with zero attached hydrogens (tertiary/aromatic N) is 7. The highest BCUT2D eigenvalue weighted by Crippen LogP contribution is 2.33. The predicted octanol–water partition coefficient (Wildman–Crippen LogP) is 4.03. The van der Waals surface area contributed by atoms with Gasteiger partial charge in [-0.1, -0.05) is 0 Å². The number of rotatable bonds is 7. The Morgan fingerprint density at radius 2 is 1.89 bits per heavy atom. The number of benzene rings is 1. The van der Waals surface area contributed by atoms with E-state index in [1.165, 1.54) is 24.1 Å². The van der Waals surface area contributed by atoms with Crippen LogP contribution in [0.4, 0.5) is 11.5 Å². The number of nitrogens with two attached hydrogens (primary N) is 1. The van der Waals surface area contributed by atoms with Crippen molar-refractivity contribution in [2.24, 2.45) is 0 Å². The lowest BCUT2D eigenvalue weighted by Crippen LogP contribution is -2.31. The third kappa shape index (κ3) is 5.47. The molecule has 0 unspecified atom stereocenters. The fourth-order valence-electron chi connectivity index (χ4n) is 5.30. The van der Waals surface area contributed by atoms with E-state index in [0.29, 0.717) is 23.7 Å². The van der Waals surface area contributed by atoms with Gasteiger partial charge in [-0.25, -0.2) is 9.97 Å². The molecule has 0 amide bonds. The Bertz CT molecular complexity index is 1180. The Labute approximate surface area is 213 Å². The van der Waals surface area contributed by atoms with Crippen molar-refractivity contribution >= 4 is 11.5 Å². The molecule has 2 aliphatic rings. The van der Waals surface area contributed by atoms with Gasteiger partial charge >= 0.3 is 0 Å². The molecule has 0 aliphatic carbocycles. The number of likely N-dealkylation sites (tertiary alicyclic amines) is 1. The maximum Gasteiger partial charge on any atom is 0.263 e. The molecule has 4 heterocycles. The minimum absolute atomic E-state index is 0.267. The Morgan fingerprint density at radius 1 is 1.08 bits per heavy atom. The molecule has 9 heteroatoms. The maximum atomic E-state index is 6.18. The number of nitrogen functional groups attached to an aromatic ring is 1. The van der Waals surface area contributed by atoms with Crippen molar-refractivity contribution in [2.45, 2.75) is 51.2 Å². The number of hydrogen-bond acceptors (Lipinski definition) is 8. The van der Waals surface area contributed by atoms with Crippen LogP contribution in [0.5, 0.6) is 11.6 Å². The summed E-state index contributed by atoms with van der Waals surface area (Å²) in [7, 11) is 6.34. The summed E-state index contributed by atoms with van der Waals surface area (Å²) in [6, 6.07) is 7.62. The highest BCUT2D eigenvalue weighted by atomic mass is 16.5. The van der Waals surface area contributed by atoms with E-state index in [0.717, 1.165) is 50.3 Å². The summed E-state index contributed by atoms with van der Waals surface area (Å²) < 4.78 is 8.10. The second-order valence-corrected chi connectivity index (χ2v) is 10.5. The fourth-order valence-corrected chi connectivity index (χ4v) is 5.30. The van der Waals surface area contributed by atoms with Crippen LogP contribution in [-0.4, -0.2) is 76.4 Å². The molecule has 36 heavy (non-hydrogen) atoms. The minimum Gasteiger partial charge on any atom is -0.433 e. The lowest BCUT2D eigenvalue weighted by molar-refractivity contribution is 0.212. The molecule has 3 aromatic rings. The quantitative estimate of drug-likeness (QED) is 0.531. The zero-order valence-electron chi connectivity index (χ0n) is 21.9. The molecule has 2 aliphatic heterocycles. The van der Waals surface area contributed by atoms with Crippen LogP contribution in [0.2, 0.25) is 0 Å². The van der Waals surface area contributed by atoms with Crippen molar-refractivity contribution in [3.63, 3.8) is 0 Å². The zero-order chi connectivity index (χ0) is 25.2. The second kappa shape index (κ2) is 10.4. The molecule has 0 radical (unpaired) electrons. The van der Waals surface area contributed by atoms with Crippen LogP contribution in [-0.2, 0) is 6.54 Å². The third-order valence-corrected chi connectivity index (χ3v) is 7.28. The van der Waals surface area contributed by atoms with Gasteiger partial charge in [0.15, 0.2) is 11.6 Å². The molecule has 2 aromatic heterocycles. The van der Waals surface area contributed by atoms with Crippen molar-refractivity contribution in [2.75, 3.05) is 51.4 Å². The Kier molecular flexibility index (Phi) is 7.11. The van der Waals surface area contributed by atoms with Gasteiger partial charge in [0.1, 0.15) is 0 Å². The number of anilines is 2. The van der Waals surface area contributed by atoms with Gasteiger partial charge in [-0.2, -0.15) is 5.10 Å². The fraction of sp³-hybridized carbons (Fsp3) is 0.519. The predicted molar refractivity (Wildman–Crippen MR) is 143 cm³/mol. The first-order chi connectivity index (χ1) is 17.4. The smallest absolute Gasteiger partial charge is 0.263 e. The van der Waals surface area contributed by atoms with E-state index in [2.05, 4.69) is 71.0 Å². The normalized spacial score (nSPS) is 19.4. The molecule has 9 nitrogen and oxygen atoms in total. The standard InChI is InChI=1S/C27H38N8O/c1-19-6-5-9-34(19)23-13-20(17-32(2)3)12-21(14-23)25-16-29-26(28)27(31-25)36-24-15-30-35(18-24)22-7-10-33(4)11-8-22/h12-16,18-19,22H,5-11,17H2,1-4H3,(H2,28,29)/t19-/m1/s1. The van der Waals surface area contributed by atoms with Crippen LogP contribution < -0.4 is 15.4 Å². The van der Waals surface area contributed by atoms with Crippen LogP contribution in [0.25, 0.3) is 11.3 Å². The van der Waals surface area contributed by atoms with Gasteiger partial charge in [0.05, 0.1) is 30.3 Å². The zero-order valence-corrected chi connectivity index (χ0v) is 21.9. The van der Waals surface area contributed by atoms with Crippen LogP contribution in [0.1, 0.15) is 44.2 Å². The van der Waals surface area contributed by atoms with Gasteiger partial charge in [0.25, 0.3) is 5.88 Å². The van der Waals surface area contributed by atoms with Gasteiger partial charge in [-0.3, -0.25) is 4.68 Å². The van der Waals surface area contributed by atoms with Crippen molar-refractivity contribution in [3.8, 4) is 22.9 Å². The molecule has 5 rings (SSSR count). The van der Waals surface area contributed by atoms with E-state index < -0.39 is 0 Å². The van der Waals surface area contributed by atoms with Gasteiger partial charge in [-0.05, 0) is 90.6 Å². The Balaban J connectivity index is 1.41. The molecular weight excluding hydrogens is 452 g/mol. The van der Waals surface area contributed by atoms with Crippen LogP contribution >= 0.6 is 0 Å². The lowest BCUT2D eigenvalue weighted by atomic mass is 10.1. The van der Waals surface area contributed by atoms with Crippen LogP contribution in [0.3, 0.4) is 0 Å². The molecule has 0 saturated carbocycles. The third-order valence-electron chi connectivity index (χ3n) is 7.28. The highest BCUT2D eigenvalue weighted by molar-refractivity contribution is 5.68. The Hall–Kier alpha value is -3.17. The number of aromatic nitrogens is 4. The monoisotopic (exact) mass is 490 g/mol. The minimum atomic E-state index is 0.267. The Morgan fingerprint density at radius 3 is 2.61 bits per heavy atom. The molecule has 2 fully saturated rings. The van der Waals surface area contributed by atoms with Crippen LogP contribution in [0, 0.1) is 0 Å². The van der Waals surface area contributed by atoms with Crippen molar-refractivity contribution in [1.29, 1.82) is 0 Å². The van der Waals surface area contributed by atoms with Gasteiger partial charge < -0.3 is 25.2 Å². The number of ether oxygens (including phenoxy) is 1. The molecule has 0 bridgehead atoms. The summed E-state index contributed by atoms with van der Waals surface area (Å²) in [5, 5.41) is 4.55. The summed E-state index contributed by atoms with van der Waals surface area (Å²) in [4.78, 5) is 16.2. The first-order valence-electron chi connectivity index (χ1n) is 12.9. The summed E-state index contributed by atoms with van der Waals surface area (Å²) in [6.07, 6.45) is 10.0. The van der Waals surface area contributed by atoms with E-state index in [-0.39, 0.29) is 5.82 Å². The first-order valence-corrected chi connectivity index (χ1v) is 12.9. The van der Waals surface area contributed by atoms with Crippen molar-refractivity contribution in [3.05, 3.63) is 42.4 Å². The topological polar surface area (TPSA) is 88.6 Å². The first kappa shape index (κ1) is 24.5. The molecule has 192 valence electrons. The lowest BCUT2D eigenvalue weighted by Gasteiger charge is -2.28. The second-order valence-electron chi connectivity index (χ2n) is 10.5. The number of hydrogen-bond donors (Lipinski definition) is 1. The van der Waals surface area contributed by atoms with E-state index in [1.807, 2.05) is 10.9 Å². The molecule has 2 saturated heterocycles. The average molecular weight is 491 g/mol. The van der Waals surface area contributed by atoms with Gasteiger partial charge in [0, 0.05) is 30.4 Å². The molecular formula is C27H38N8O. The van der Waals surface area contributed by atoms with Gasteiger partial charge in [0.2, 0.25) is 0 Å². The summed E-state index contributed by atoms with van der Waals surface area (Å²) in [6.45, 7) is 6.38. The SMILES string of the molecule is C[C@@H]1CCCN1c1cc(CN(C)C)cc(-c2cnc(N)c(Oc3cnn(C4CCN(C)CC4)c3)n2)c1. The molecule has 0 spiro atoms. The highest BCUT2D eigenvalue weighted by Gasteiger charge is 2.23. The van der Waals surface area contributed by atoms with Crippen molar-refractivity contribution < 1.29 is 4.74 Å². The largest absolute Gasteiger partial charge is 0.433 e. The van der Waals surface area contributed by atoms with Crippen molar-refractivity contribution in [1.82, 2.24) is 29.5 Å². The van der Waals surface area contributed by atoms with E-state index in [9.17, 15) is 0 Å². The summed E-state index contributed by atoms with van der Waals surface area (Å²) in [5.41, 5.74) is 10.4. The van der Waals surface area contributed by atoms with E-state index in [1.54, 1.807) is 12.4 Å². The summed E-state index contributed by atoms with van der Waals surface area (Å²) >= 11 is 0. The molecule has 1 aromatic carbocycles. The maximum absolute atomic E-state index is 6.18. The van der Waals surface area contributed by atoms with Gasteiger partial charge in [-0.15, -0.1) is 0 Å². The van der Waals surface area contributed by atoms with E-state index >= 15 is 0 Å².